The molecule has 0 aromatic carbocycles. The summed E-state index contributed by atoms with van der Waals surface area (Å²) >= 11 is 1.66. The van der Waals surface area contributed by atoms with Crippen LogP contribution in [-0.2, 0) is 11.2 Å². The molecule has 0 aliphatic carbocycles. The Morgan fingerprint density at radius 3 is 2.71 bits per heavy atom. The average molecular weight is 214 g/mol. The number of thiazole rings is 1. The van der Waals surface area contributed by atoms with Gasteiger partial charge in [0.2, 0.25) is 0 Å². The van der Waals surface area contributed by atoms with Gasteiger partial charge in [0.25, 0.3) is 0 Å². The van der Waals surface area contributed by atoms with Crippen LogP contribution in [0, 0.1) is 6.92 Å². The van der Waals surface area contributed by atoms with Crippen molar-refractivity contribution in [2.75, 3.05) is 7.11 Å². The lowest BCUT2D eigenvalue weighted by atomic mass is 9.97. The molecule has 0 saturated heterocycles. The van der Waals surface area contributed by atoms with Crippen molar-refractivity contribution in [3.05, 3.63) is 16.1 Å². The Hall–Kier alpha value is -0.450. The molecule has 1 rings (SSSR count). The minimum Gasteiger partial charge on any atom is -0.377 e. The second-order valence-corrected chi connectivity index (χ2v) is 4.94. The third-order valence-corrected chi connectivity index (χ3v) is 3.47. The van der Waals surface area contributed by atoms with E-state index in [1.165, 1.54) is 0 Å². The molecule has 1 heterocycles. The Labute approximate surface area is 89.3 Å². The van der Waals surface area contributed by atoms with Crippen molar-refractivity contribution in [3.8, 4) is 0 Å². The molecule has 2 N–H and O–H groups in total. The molecule has 4 heteroatoms. The molecule has 1 atom stereocenters. The van der Waals surface area contributed by atoms with Crippen molar-refractivity contribution in [2.24, 2.45) is 5.73 Å². The molecule has 0 amide bonds. The van der Waals surface area contributed by atoms with Crippen LogP contribution in [0.1, 0.15) is 24.5 Å². The first kappa shape index (κ1) is 11.6. The van der Waals surface area contributed by atoms with Crippen LogP contribution in [0.5, 0.6) is 0 Å². The summed E-state index contributed by atoms with van der Waals surface area (Å²) in [6, 6.07) is -0.0157. The third-order valence-electron chi connectivity index (χ3n) is 2.48. The molecule has 0 spiro atoms. The van der Waals surface area contributed by atoms with Gasteiger partial charge in [-0.15, -0.1) is 11.3 Å². The highest BCUT2D eigenvalue weighted by Crippen LogP contribution is 2.18. The molecule has 0 saturated carbocycles. The van der Waals surface area contributed by atoms with Gasteiger partial charge in [-0.25, -0.2) is 4.98 Å². The van der Waals surface area contributed by atoms with E-state index in [0.717, 1.165) is 17.1 Å². The van der Waals surface area contributed by atoms with Gasteiger partial charge in [-0.2, -0.15) is 0 Å². The molecular weight excluding hydrogens is 196 g/mol. The molecule has 0 aliphatic rings. The SMILES string of the molecule is COC(C)(C)C(N)Cc1nc(C)cs1. The zero-order valence-corrected chi connectivity index (χ0v) is 10.0. The van der Waals surface area contributed by atoms with Crippen LogP contribution in [0.3, 0.4) is 0 Å². The van der Waals surface area contributed by atoms with E-state index in [1.807, 2.05) is 26.2 Å². The minimum absolute atomic E-state index is 0.0157. The van der Waals surface area contributed by atoms with Crippen molar-refractivity contribution in [1.29, 1.82) is 0 Å². The Balaban J connectivity index is 2.61. The zero-order chi connectivity index (χ0) is 10.8. The summed E-state index contributed by atoms with van der Waals surface area (Å²) in [5.41, 5.74) is 6.82. The summed E-state index contributed by atoms with van der Waals surface area (Å²) in [5, 5.41) is 3.13. The first-order valence-corrected chi connectivity index (χ1v) is 5.55. The van der Waals surface area contributed by atoms with E-state index >= 15 is 0 Å². The van der Waals surface area contributed by atoms with E-state index < -0.39 is 0 Å². The summed E-state index contributed by atoms with van der Waals surface area (Å²) in [7, 11) is 1.69. The standard InChI is InChI=1S/C10H18N2OS/c1-7-6-14-9(12-7)5-8(11)10(2,3)13-4/h6,8H,5,11H2,1-4H3. The summed E-state index contributed by atoms with van der Waals surface area (Å²) < 4.78 is 5.33. The van der Waals surface area contributed by atoms with E-state index in [1.54, 1.807) is 18.4 Å². The maximum atomic E-state index is 6.04. The number of hydrogen-bond acceptors (Lipinski definition) is 4. The second kappa shape index (κ2) is 4.38. The number of aryl methyl sites for hydroxylation is 1. The van der Waals surface area contributed by atoms with Crippen LogP contribution >= 0.6 is 11.3 Å². The Kier molecular flexibility index (Phi) is 3.64. The first-order valence-electron chi connectivity index (χ1n) is 4.67. The van der Waals surface area contributed by atoms with E-state index in [4.69, 9.17) is 10.5 Å². The second-order valence-electron chi connectivity index (χ2n) is 4.00. The monoisotopic (exact) mass is 214 g/mol. The molecule has 0 aliphatic heterocycles. The fourth-order valence-electron chi connectivity index (χ4n) is 1.08. The molecular formula is C10H18N2OS. The fourth-order valence-corrected chi connectivity index (χ4v) is 1.91. The highest BCUT2D eigenvalue weighted by atomic mass is 32.1. The molecule has 3 nitrogen and oxygen atoms in total. The van der Waals surface area contributed by atoms with Crippen molar-refractivity contribution in [3.63, 3.8) is 0 Å². The highest BCUT2D eigenvalue weighted by molar-refractivity contribution is 7.09. The van der Waals surface area contributed by atoms with Crippen molar-refractivity contribution >= 4 is 11.3 Å². The third kappa shape index (κ3) is 2.77. The van der Waals surface area contributed by atoms with Crippen molar-refractivity contribution in [2.45, 2.75) is 38.8 Å². The summed E-state index contributed by atoms with van der Waals surface area (Å²) in [6.45, 7) is 5.99. The minimum atomic E-state index is -0.292. The number of rotatable bonds is 4. The van der Waals surface area contributed by atoms with Crippen LogP contribution in [0.4, 0.5) is 0 Å². The number of nitrogens with two attached hydrogens (primary N) is 1. The van der Waals surface area contributed by atoms with E-state index in [0.29, 0.717) is 0 Å². The van der Waals surface area contributed by atoms with Crippen molar-refractivity contribution in [1.82, 2.24) is 4.98 Å². The van der Waals surface area contributed by atoms with Gasteiger partial charge < -0.3 is 10.5 Å². The first-order chi connectivity index (χ1) is 6.45. The Morgan fingerprint density at radius 2 is 2.29 bits per heavy atom. The predicted molar refractivity (Wildman–Crippen MR) is 59.6 cm³/mol. The predicted octanol–water partition coefficient (Wildman–Crippen LogP) is 1.75. The molecule has 1 aromatic heterocycles. The number of hydrogen-bond donors (Lipinski definition) is 1. The van der Waals surface area contributed by atoms with Crippen LogP contribution in [0.25, 0.3) is 0 Å². The molecule has 1 aromatic rings. The van der Waals surface area contributed by atoms with Crippen LogP contribution in [0.15, 0.2) is 5.38 Å². The topological polar surface area (TPSA) is 48.1 Å². The number of nitrogens with zero attached hydrogens (tertiary/aromatic N) is 1. The van der Waals surface area contributed by atoms with Gasteiger partial charge in [0.1, 0.15) is 0 Å². The maximum Gasteiger partial charge on any atom is 0.0944 e. The largest absolute Gasteiger partial charge is 0.377 e. The lowest BCUT2D eigenvalue weighted by Gasteiger charge is -2.29. The van der Waals surface area contributed by atoms with Gasteiger partial charge in [-0.05, 0) is 20.8 Å². The van der Waals surface area contributed by atoms with Crippen LogP contribution < -0.4 is 5.73 Å². The fraction of sp³-hybridized carbons (Fsp3) is 0.700. The molecule has 0 fully saturated rings. The number of methoxy groups -OCH3 is 1. The highest BCUT2D eigenvalue weighted by Gasteiger charge is 2.26. The quantitative estimate of drug-likeness (QED) is 0.830. The van der Waals surface area contributed by atoms with E-state index in [9.17, 15) is 0 Å². The number of aromatic nitrogens is 1. The van der Waals surface area contributed by atoms with Crippen LogP contribution in [-0.4, -0.2) is 23.7 Å². The molecule has 0 bridgehead atoms. The average Bonchev–Trinajstić information content (AvgIpc) is 2.51. The van der Waals surface area contributed by atoms with Crippen molar-refractivity contribution < 1.29 is 4.74 Å². The summed E-state index contributed by atoms with van der Waals surface area (Å²) in [6.07, 6.45) is 0.777. The lowest BCUT2D eigenvalue weighted by molar-refractivity contribution is 0.000790. The number of ether oxygens (including phenoxy) is 1. The maximum absolute atomic E-state index is 6.04. The Morgan fingerprint density at radius 1 is 1.64 bits per heavy atom. The molecule has 14 heavy (non-hydrogen) atoms. The van der Waals surface area contributed by atoms with E-state index in [2.05, 4.69) is 4.98 Å². The smallest absolute Gasteiger partial charge is 0.0944 e. The molecule has 0 radical (unpaired) electrons. The Bertz CT molecular complexity index is 296. The zero-order valence-electron chi connectivity index (χ0n) is 9.20. The molecule has 80 valence electrons. The van der Waals surface area contributed by atoms with Gasteiger partial charge in [-0.1, -0.05) is 0 Å². The van der Waals surface area contributed by atoms with Gasteiger partial charge in [0, 0.05) is 30.6 Å². The molecule has 1 unspecified atom stereocenters. The normalized spacial score (nSPS) is 14.4. The summed E-state index contributed by atoms with van der Waals surface area (Å²) in [4.78, 5) is 4.38. The van der Waals surface area contributed by atoms with Crippen LogP contribution in [0.2, 0.25) is 0 Å². The van der Waals surface area contributed by atoms with E-state index in [-0.39, 0.29) is 11.6 Å². The van der Waals surface area contributed by atoms with Gasteiger partial charge in [-0.3, -0.25) is 0 Å². The van der Waals surface area contributed by atoms with Gasteiger partial charge >= 0.3 is 0 Å². The van der Waals surface area contributed by atoms with Gasteiger partial charge in [0.15, 0.2) is 0 Å². The lowest BCUT2D eigenvalue weighted by Crippen LogP contribution is -2.46. The van der Waals surface area contributed by atoms with Gasteiger partial charge in [0.05, 0.1) is 10.6 Å². The summed E-state index contributed by atoms with van der Waals surface area (Å²) in [5.74, 6) is 0.